The van der Waals surface area contributed by atoms with E-state index in [4.69, 9.17) is 0 Å². The van der Waals surface area contributed by atoms with Gasteiger partial charge in [-0.2, -0.15) is 13.2 Å². The van der Waals surface area contributed by atoms with Crippen molar-refractivity contribution in [3.8, 4) is 0 Å². The molecule has 0 nitrogen and oxygen atoms in total. The molecule has 0 radical (unpaired) electrons. The molecule has 0 bridgehead atoms. The van der Waals surface area contributed by atoms with Crippen LogP contribution in [0, 0.1) is 17.3 Å². The molecule has 0 aromatic carbocycles. The summed E-state index contributed by atoms with van der Waals surface area (Å²) in [6.45, 7) is 5.17. The minimum Gasteiger partial charge on any atom is -0.170 e. The highest BCUT2D eigenvalue weighted by Crippen LogP contribution is 2.67. The molecule has 0 saturated heterocycles. The SMILES string of the molecule is CCC1CC1(C(C)C)C(F)(F)F. The minimum absolute atomic E-state index is 0.127. The average molecular weight is 180 g/mol. The van der Waals surface area contributed by atoms with E-state index in [1.807, 2.05) is 6.92 Å². The lowest BCUT2D eigenvalue weighted by molar-refractivity contribution is -0.204. The maximum atomic E-state index is 12.6. The van der Waals surface area contributed by atoms with Gasteiger partial charge in [-0.05, 0) is 18.3 Å². The summed E-state index contributed by atoms with van der Waals surface area (Å²) in [6, 6.07) is 0. The lowest BCUT2D eigenvalue weighted by Crippen LogP contribution is -2.31. The zero-order valence-electron chi connectivity index (χ0n) is 7.70. The molecule has 1 saturated carbocycles. The van der Waals surface area contributed by atoms with Crippen molar-refractivity contribution < 1.29 is 13.2 Å². The number of hydrogen-bond donors (Lipinski definition) is 0. The van der Waals surface area contributed by atoms with Crippen LogP contribution in [0.2, 0.25) is 0 Å². The summed E-state index contributed by atoms with van der Waals surface area (Å²) in [5.74, 6) is -0.403. The summed E-state index contributed by atoms with van der Waals surface area (Å²) >= 11 is 0. The van der Waals surface area contributed by atoms with Crippen molar-refractivity contribution in [2.45, 2.75) is 39.8 Å². The molecule has 1 fully saturated rings. The summed E-state index contributed by atoms with van der Waals surface area (Å²) in [5, 5.41) is 0. The van der Waals surface area contributed by atoms with Gasteiger partial charge in [-0.1, -0.05) is 27.2 Å². The van der Waals surface area contributed by atoms with Gasteiger partial charge in [-0.15, -0.1) is 0 Å². The summed E-state index contributed by atoms with van der Waals surface area (Å²) in [4.78, 5) is 0. The summed E-state index contributed by atoms with van der Waals surface area (Å²) in [5.41, 5.74) is -1.35. The molecule has 2 atom stereocenters. The maximum absolute atomic E-state index is 12.6. The van der Waals surface area contributed by atoms with Crippen LogP contribution in [0.4, 0.5) is 13.2 Å². The van der Waals surface area contributed by atoms with Crippen molar-refractivity contribution in [3.63, 3.8) is 0 Å². The zero-order chi connectivity index (χ0) is 9.57. The van der Waals surface area contributed by atoms with Crippen LogP contribution in [0.15, 0.2) is 0 Å². The van der Waals surface area contributed by atoms with Gasteiger partial charge in [0.2, 0.25) is 0 Å². The van der Waals surface area contributed by atoms with E-state index in [1.54, 1.807) is 13.8 Å². The molecule has 0 aliphatic heterocycles. The molecule has 0 aromatic heterocycles. The molecule has 1 rings (SSSR count). The van der Waals surface area contributed by atoms with Gasteiger partial charge in [0.1, 0.15) is 0 Å². The smallest absolute Gasteiger partial charge is 0.170 e. The van der Waals surface area contributed by atoms with E-state index in [0.29, 0.717) is 12.8 Å². The molecule has 0 amide bonds. The maximum Gasteiger partial charge on any atom is 0.395 e. The van der Waals surface area contributed by atoms with E-state index in [0.717, 1.165) is 0 Å². The van der Waals surface area contributed by atoms with Crippen LogP contribution in [0.3, 0.4) is 0 Å². The molecule has 1 aliphatic rings. The van der Waals surface area contributed by atoms with Crippen LogP contribution >= 0.6 is 0 Å². The first-order chi connectivity index (χ1) is 5.36. The Morgan fingerprint density at radius 1 is 1.42 bits per heavy atom. The number of halogens is 3. The summed E-state index contributed by atoms with van der Waals surface area (Å²) < 4.78 is 37.8. The molecule has 3 heteroatoms. The van der Waals surface area contributed by atoms with Crippen LogP contribution in [-0.2, 0) is 0 Å². The van der Waals surface area contributed by atoms with Crippen molar-refractivity contribution in [2.75, 3.05) is 0 Å². The second-order valence-corrected chi connectivity index (χ2v) is 4.00. The van der Waals surface area contributed by atoms with E-state index in [9.17, 15) is 13.2 Å². The number of rotatable bonds is 2. The fraction of sp³-hybridized carbons (Fsp3) is 1.00. The lowest BCUT2D eigenvalue weighted by Gasteiger charge is -2.24. The Balaban J connectivity index is 2.79. The van der Waals surface area contributed by atoms with Crippen LogP contribution in [0.1, 0.15) is 33.6 Å². The molecule has 0 heterocycles. The molecule has 2 unspecified atom stereocenters. The van der Waals surface area contributed by atoms with Crippen LogP contribution in [-0.4, -0.2) is 6.18 Å². The standard InChI is InChI=1S/C9H15F3/c1-4-7-5-8(7,6(2)3)9(10,11)12/h6-7H,4-5H2,1-3H3. The molecular formula is C9H15F3. The average Bonchev–Trinajstić information content (AvgIpc) is 2.59. The fourth-order valence-electron chi connectivity index (χ4n) is 2.24. The van der Waals surface area contributed by atoms with E-state index in [1.165, 1.54) is 0 Å². The monoisotopic (exact) mass is 180 g/mol. The minimum atomic E-state index is -4.00. The first kappa shape index (κ1) is 9.87. The van der Waals surface area contributed by atoms with Gasteiger partial charge in [-0.3, -0.25) is 0 Å². The van der Waals surface area contributed by atoms with E-state index in [-0.39, 0.29) is 11.8 Å². The highest BCUT2D eigenvalue weighted by atomic mass is 19.4. The molecule has 1 aliphatic carbocycles. The molecule has 0 aromatic rings. The summed E-state index contributed by atoms with van der Waals surface area (Å²) in [6.07, 6.45) is -3.01. The zero-order valence-corrected chi connectivity index (χ0v) is 7.70. The van der Waals surface area contributed by atoms with Gasteiger partial charge in [-0.25, -0.2) is 0 Å². The quantitative estimate of drug-likeness (QED) is 0.608. The van der Waals surface area contributed by atoms with Gasteiger partial charge in [0.15, 0.2) is 0 Å². The third-order valence-electron chi connectivity index (χ3n) is 3.20. The van der Waals surface area contributed by atoms with Crippen molar-refractivity contribution in [1.29, 1.82) is 0 Å². The summed E-state index contributed by atoms with van der Waals surface area (Å²) in [7, 11) is 0. The lowest BCUT2D eigenvalue weighted by atomic mass is 9.88. The fourth-order valence-corrected chi connectivity index (χ4v) is 2.24. The molecule has 12 heavy (non-hydrogen) atoms. The number of alkyl halides is 3. The topological polar surface area (TPSA) is 0 Å². The second kappa shape index (κ2) is 2.64. The van der Waals surface area contributed by atoms with Crippen LogP contribution < -0.4 is 0 Å². The molecule has 0 N–H and O–H groups in total. The first-order valence-electron chi connectivity index (χ1n) is 4.43. The first-order valence-corrected chi connectivity index (χ1v) is 4.43. The Kier molecular flexibility index (Phi) is 2.17. The Labute approximate surface area is 71.1 Å². The molecule has 72 valence electrons. The third kappa shape index (κ3) is 1.14. The molecular weight excluding hydrogens is 165 g/mol. The molecule has 0 spiro atoms. The van der Waals surface area contributed by atoms with Crippen molar-refractivity contribution in [1.82, 2.24) is 0 Å². The third-order valence-corrected chi connectivity index (χ3v) is 3.20. The van der Waals surface area contributed by atoms with E-state index < -0.39 is 11.6 Å². The van der Waals surface area contributed by atoms with E-state index >= 15 is 0 Å². The normalized spacial score (nSPS) is 35.8. The predicted octanol–water partition coefficient (Wildman–Crippen LogP) is 3.62. The van der Waals surface area contributed by atoms with Crippen LogP contribution in [0.5, 0.6) is 0 Å². The Morgan fingerprint density at radius 2 is 1.92 bits per heavy atom. The number of hydrogen-bond acceptors (Lipinski definition) is 0. The van der Waals surface area contributed by atoms with E-state index in [2.05, 4.69) is 0 Å². The van der Waals surface area contributed by atoms with Crippen molar-refractivity contribution in [3.05, 3.63) is 0 Å². The van der Waals surface area contributed by atoms with Gasteiger partial charge in [0.25, 0.3) is 0 Å². The van der Waals surface area contributed by atoms with Gasteiger partial charge in [0, 0.05) is 0 Å². The second-order valence-electron chi connectivity index (χ2n) is 4.00. The van der Waals surface area contributed by atoms with Gasteiger partial charge in [0.05, 0.1) is 5.41 Å². The largest absolute Gasteiger partial charge is 0.395 e. The Morgan fingerprint density at radius 3 is 2.00 bits per heavy atom. The highest BCUT2D eigenvalue weighted by molar-refractivity contribution is 5.08. The van der Waals surface area contributed by atoms with Gasteiger partial charge >= 0.3 is 6.18 Å². The van der Waals surface area contributed by atoms with Crippen molar-refractivity contribution >= 4 is 0 Å². The Hall–Kier alpha value is -0.210. The van der Waals surface area contributed by atoms with Gasteiger partial charge < -0.3 is 0 Å². The Bertz CT molecular complexity index is 171. The van der Waals surface area contributed by atoms with Crippen LogP contribution in [0.25, 0.3) is 0 Å². The predicted molar refractivity (Wildman–Crippen MR) is 41.7 cm³/mol. The van der Waals surface area contributed by atoms with Crippen molar-refractivity contribution in [2.24, 2.45) is 17.3 Å². The highest BCUT2D eigenvalue weighted by Gasteiger charge is 2.70.